The molecule has 0 aliphatic carbocycles. The zero-order valence-electron chi connectivity index (χ0n) is 33.7. The maximum absolute atomic E-state index is 6.51. The first-order valence-electron chi connectivity index (χ1n) is 20.5. The van der Waals surface area contributed by atoms with Gasteiger partial charge < -0.3 is 9.64 Å². The molecule has 7 nitrogen and oxygen atoms in total. The molecule has 9 aromatic rings. The monoisotopic (exact) mass is 788 g/mol. The minimum Gasteiger partial charge on any atom is -0.453 e. The molecule has 11 rings (SSSR count). The Morgan fingerprint density at radius 1 is 0.410 bits per heavy atom. The van der Waals surface area contributed by atoms with E-state index < -0.39 is 0 Å². The summed E-state index contributed by atoms with van der Waals surface area (Å²) >= 11 is 0. The van der Waals surface area contributed by atoms with Crippen LogP contribution in [0.25, 0.3) is 22.3 Å². The molecule has 5 heterocycles. The predicted octanol–water partition coefficient (Wildman–Crippen LogP) is 14.4. The van der Waals surface area contributed by atoms with Crippen LogP contribution in [0.1, 0.15) is 25.0 Å². The van der Waals surface area contributed by atoms with Gasteiger partial charge in [0.05, 0.1) is 28.4 Å². The topological polar surface area (TPSA) is 57.6 Å². The molecule has 7 heteroatoms. The van der Waals surface area contributed by atoms with Gasteiger partial charge in [0.1, 0.15) is 11.6 Å². The molecular weight excluding hydrogens is 749 g/mol. The van der Waals surface area contributed by atoms with Crippen molar-refractivity contribution in [3.8, 4) is 33.8 Å². The fourth-order valence-corrected chi connectivity index (χ4v) is 8.86. The third kappa shape index (κ3) is 6.26. The van der Waals surface area contributed by atoms with E-state index in [2.05, 4.69) is 160 Å². The van der Waals surface area contributed by atoms with Crippen LogP contribution in [0.3, 0.4) is 0 Å². The van der Waals surface area contributed by atoms with Crippen LogP contribution in [0.2, 0.25) is 0 Å². The summed E-state index contributed by atoms with van der Waals surface area (Å²) in [4.78, 5) is 21.0. The van der Waals surface area contributed by atoms with E-state index in [1.165, 1.54) is 11.1 Å². The normalized spacial score (nSPS) is 13.3. The van der Waals surface area contributed by atoms with E-state index >= 15 is 0 Å². The molecule has 0 unspecified atom stereocenters. The van der Waals surface area contributed by atoms with Crippen LogP contribution in [-0.4, -0.2) is 15.0 Å². The average Bonchev–Trinajstić information content (AvgIpc) is 3.32. The Kier molecular flexibility index (Phi) is 8.67. The van der Waals surface area contributed by atoms with Crippen molar-refractivity contribution in [3.05, 3.63) is 218 Å². The third-order valence-electron chi connectivity index (χ3n) is 11.8. The molecule has 0 saturated carbocycles. The summed E-state index contributed by atoms with van der Waals surface area (Å²) in [5.41, 5.74) is 13.6. The lowest BCUT2D eigenvalue weighted by Gasteiger charge is -2.42. The second-order valence-corrected chi connectivity index (χ2v) is 15.8. The Morgan fingerprint density at radius 2 is 0.787 bits per heavy atom. The standard InChI is InChI=1S/C54H40N6O/c1-54(2)44-11-3-5-13-46(44)59(47-14-6-4-12-45(47)54)52-35-43(36-53(57-52)60-48-15-7-9-17-50(48)61-51-18-10-8-16-49(51)60)58(41-23-19-37(20-24-41)39-27-31-55-32-28-39)42-25-21-38(22-26-42)40-29-33-56-34-30-40/h3-36H,1-2H3. The van der Waals surface area contributed by atoms with Crippen molar-refractivity contribution in [2.75, 3.05) is 14.7 Å². The lowest BCUT2D eigenvalue weighted by Crippen LogP contribution is -2.31. The summed E-state index contributed by atoms with van der Waals surface area (Å²) in [5.74, 6) is 3.07. The van der Waals surface area contributed by atoms with E-state index in [-0.39, 0.29) is 5.41 Å². The average molecular weight is 789 g/mol. The molecule has 3 aromatic heterocycles. The van der Waals surface area contributed by atoms with Crippen molar-refractivity contribution < 1.29 is 4.74 Å². The van der Waals surface area contributed by atoms with E-state index in [0.717, 1.165) is 85.2 Å². The largest absolute Gasteiger partial charge is 0.453 e. The van der Waals surface area contributed by atoms with Crippen LogP contribution in [0, 0.1) is 0 Å². The maximum atomic E-state index is 6.51. The number of anilines is 9. The van der Waals surface area contributed by atoms with Gasteiger partial charge in [-0.2, -0.15) is 0 Å². The lowest BCUT2D eigenvalue weighted by atomic mass is 9.73. The number of nitrogens with zero attached hydrogens (tertiary/aromatic N) is 6. The molecule has 292 valence electrons. The molecule has 0 N–H and O–H groups in total. The van der Waals surface area contributed by atoms with Crippen LogP contribution >= 0.6 is 0 Å². The molecular formula is C54H40N6O. The minimum atomic E-state index is -0.231. The van der Waals surface area contributed by atoms with E-state index in [1.54, 1.807) is 0 Å². The summed E-state index contributed by atoms with van der Waals surface area (Å²) in [7, 11) is 0. The van der Waals surface area contributed by atoms with Crippen molar-refractivity contribution in [3.63, 3.8) is 0 Å². The quantitative estimate of drug-likeness (QED) is 0.159. The first-order valence-corrected chi connectivity index (χ1v) is 20.5. The van der Waals surface area contributed by atoms with Gasteiger partial charge in [-0.15, -0.1) is 0 Å². The first kappa shape index (κ1) is 36.1. The van der Waals surface area contributed by atoms with Gasteiger partial charge >= 0.3 is 0 Å². The van der Waals surface area contributed by atoms with E-state index in [0.29, 0.717) is 0 Å². The maximum Gasteiger partial charge on any atom is 0.151 e. The van der Waals surface area contributed by atoms with Crippen molar-refractivity contribution in [2.45, 2.75) is 19.3 Å². The summed E-state index contributed by atoms with van der Waals surface area (Å²) in [6, 6.07) is 63.9. The Balaban J connectivity index is 1.17. The summed E-state index contributed by atoms with van der Waals surface area (Å²) in [6.45, 7) is 4.62. The van der Waals surface area contributed by atoms with Gasteiger partial charge in [0, 0.05) is 53.7 Å². The zero-order chi connectivity index (χ0) is 40.9. The Labute approximate surface area is 355 Å². The Bertz CT molecular complexity index is 2860. The highest BCUT2D eigenvalue weighted by Crippen LogP contribution is 2.54. The van der Waals surface area contributed by atoms with E-state index in [9.17, 15) is 0 Å². The Hall–Kier alpha value is -8.03. The highest BCUT2D eigenvalue weighted by atomic mass is 16.5. The van der Waals surface area contributed by atoms with Gasteiger partial charge in [0.2, 0.25) is 0 Å². The number of aromatic nitrogens is 3. The number of ether oxygens (including phenoxy) is 1. The van der Waals surface area contributed by atoms with Crippen LogP contribution in [-0.2, 0) is 5.41 Å². The molecule has 0 atom stereocenters. The zero-order valence-corrected chi connectivity index (χ0v) is 33.7. The molecule has 2 aliphatic rings. The molecule has 0 radical (unpaired) electrons. The third-order valence-corrected chi connectivity index (χ3v) is 11.8. The summed E-state index contributed by atoms with van der Waals surface area (Å²) in [6.07, 6.45) is 7.33. The predicted molar refractivity (Wildman–Crippen MR) is 247 cm³/mol. The number of para-hydroxylation sites is 6. The van der Waals surface area contributed by atoms with Gasteiger partial charge in [-0.1, -0.05) is 98.8 Å². The van der Waals surface area contributed by atoms with Crippen LogP contribution in [0.5, 0.6) is 11.5 Å². The van der Waals surface area contributed by atoms with E-state index in [1.807, 2.05) is 85.5 Å². The SMILES string of the molecule is CC1(C)c2ccccc2N(c2cc(N(c3ccc(-c4ccncc4)cc3)c3ccc(-c4ccncc4)cc3)cc(N3c4ccccc4Oc4ccccc43)n2)c2ccccc21. The molecule has 6 aromatic carbocycles. The number of hydrogen-bond acceptors (Lipinski definition) is 7. The van der Waals surface area contributed by atoms with Gasteiger partial charge in [0.15, 0.2) is 11.5 Å². The smallest absolute Gasteiger partial charge is 0.151 e. The number of pyridine rings is 3. The van der Waals surface area contributed by atoms with Gasteiger partial charge in [0.25, 0.3) is 0 Å². The fourth-order valence-electron chi connectivity index (χ4n) is 8.86. The molecule has 0 bridgehead atoms. The molecule has 61 heavy (non-hydrogen) atoms. The van der Waals surface area contributed by atoms with Crippen molar-refractivity contribution in [2.24, 2.45) is 0 Å². The minimum absolute atomic E-state index is 0.231. The highest BCUT2D eigenvalue weighted by Gasteiger charge is 2.38. The molecule has 0 fully saturated rings. The molecule has 0 amide bonds. The molecule has 2 aliphatic heterocycles. The number of rotatable bonds is 7. The number of hydrogen-bond donors (Lipinski definition) is 0. The van der Waals surface area contributed by atoms with Gasteiger partial charge in [-0.05, 0) is 118 Å². The molecule has 0 saturated heterocycles. The highest BCUT2D eigenvalue weighted by molar-refractivity contribution is 5.92. The summed E-state index contributed by atoms with van der Waals surface area (Å²) < 4.78 is 6.51. The van der Waals surface area contributed by atoms with Gasteiger partial charge in [-0.3, -0.25) is 19.8 Å². The van der Waals surface area contributed by atoms with Crippen molar-refractivity contribution >= 4 is 51.4 Å². The number of fused-ring (bicyclic) bond motifs is 4. The first-order chi connectivity index (χ1) is 30.0. The second kappa shape index (κ2) is 14.7. The van der Waals surface area contributed by atoms with Crippen molar-refractivity contribution in [1.82, 2.24) is 15.0 Å². The lowest BCUT2D eigenvalue weighted by molar-refractivity contribution is 0.476. The van der Waals surface area contributed by atoms with Crippen LogP contribution in [0.15, 0.2) is 207 Å². The van der Waals surface area contributed by atoms with Crippen LogP contribution in [0.4, 0.5) is 51.4 Å². The summed E-state index contributed by atoms with van der Waals surface area (Å²) in [5, 5.41) is 0. The number of benzene rings is 6. The van der Waals surface area contributed by atoms with E-state index in [4.69, 9.17) is 9.72 Å². The molecule has 0 spiro atoms. The van der Waals surface area contributed by atoms with Gasteiger partial charge in [-0.25, -0.2) is 4.98 Å². The second-order valence-electron chi connectivity index (χ2n) is 15.8. The Morgan fingerprint density at radius 3 is 1.25 bits per heavy atom. The van der Waals surface area contributed by atoms with Crippen molar-refractivity contribution in [1.29, 1.82) is 0 Å². The van der Waals surface area contributed by atoms with Crippen LogP contribution < -0.4 is 19.4 Å². The fraction of sp³-hybridized carbons (Fsp3) is 0.0556.